The topological polar surface area (TPSA) is 90.3 Å². The molecule has 0 aliphatic carbocycles. The van der Waals surface area contributed by atoms with Crippen molar-refractivity contribution in [3.05, 3.63) is 16.8 Å². The normalized spacial score (nSPS) is 14.2. The predicted octanol–water partition coefficient (Wildman–Crippen LogP) is 3.00. The molecule has 1 rings (SSSR count). The number of halogens is 1. The van der Waals surface area contributed by atoms with Crippen LogP contribution in [-0.4, -0.2) is 31.6 Å². The lowest BCUT2D eigenvalue weighted by Gasteiger charge is -2.18. The zero-order valence-corrected chi connectivity index (χ0v) is 15.2. The molecule has 22 heavy (non-hydrogen) atoms. The molecule has 0 saturated carbocycles. The van der Waals surface area contributed by atoms with Crippen LogP contribution in [0.5, 0.6) is 0 Å². The van der Waals surface area contributed by atoms with Gasteiger partial charge in [-0.2, -0.15) is 0 Å². The highest BCUT2D eigenvalue weighted by Crippen LogP contribution is 2.20. The molecule has 1 aromatic rings. The molecule has 0 aliphatic heterocycles. The molecular weight excluding hydrogens is 324 g/mol. The lowest BCUT2D eigenvalue weighted by molar-refractivity contribution is -0.123. The number of carbonyl (C=O) groups is 1. The van der Waals surface area contributed by atoms with Gasteiger partial charge in [0.25, 0.3) is 0 Å². The van der Waals surface area contributed by atoms with Crippen molar-refractivity contribution in [2.24, 2.45) is 9.81 Å². The number of anilines is 1. The van der Waals surface area contributed by atoms with Crippen LogP contribution in [0, 0.1) is 5.41 Å². The van der Waals surface area contributed by atoms with E-state index in [0.717, 1.165) is 0 Å². The fraction of sp³-hybridized carbons (Fsp3) is 0.571. The largest absolute Gasteiger partial charge is 0.591 e. The van der Waals surface area contributed by atoms with E-state index in [0.29, 0.717) is 5.56 Å². The van der Waals surface area contributed by atoms with Crippen LogP contribution in [0.3, 0.4) is 0 Å². The maximum atomic E-state index is 11.9. The highest BCUT2D eigenvalue weighted by molar-refractivity contribution is 7.91. The molecule has 1 aromatic heterocycles. The van der Waals surface area contributed by atoms with Gasteiger partial charge in [-0.15, -0.1) is 10.2 Å². The van der Waals surface area contributed by atoms with Gasteiger partial charge in [0.05, 0.1) is 6.21 Å². The minimum Gasteiger partial charge on any atom is -0.591 e. The number of nitrogens with one attached hydrogen (secondary N) is 1. The molecule has 1 N–H and O–H groups in total. The first kappa shape index (κ1) is 18.9. The number of rotatable bonds is 3. The van der Waals surface area contributed by atoms with Gasteiger partial charge in [-0.25, -0.2) is 0 Å². The summed E-state index contributed by atoms with van der Waals surface area (Å²) in [5, 5.41) is 10.4. The van der Waals surface area contributed by atoms with Crippen molar-refractivity contribution in [1.29, 1.82) is 0 Å². The molecule has 8 heteroatoms. The third-order valence-corrected chi connectivity index (χ3v) is 4.15. The van der Waals surface area contributed by atoms with Gasteiger partial charge in [-0.1, -0.05) is 36.8 Å². The Balaban J connectivity index is 2.96. The van der Waals surface area contributed by atoms with Crippen LogP contribution in [0.2, 0.25) is 5.15 Å². The van der Waals surface area contributed by atoms with Gasteiger partial charge in [0.1, 0.15) is 16.1 Å². The summed E-state index contributed by atoms with van der Waals surface area (Å²) in [6, 6.07) is 1.54. The molecule has 1 atom stereocenters. The smallest absolute Gasteiger partial charge is 0.230 e. The van der Waals surface area contributed by atoms with Crippen LogP contribution in [0.1, 0.15) is 47.1 Å². The number of carbonyl (C=O) groups excluding carboxylic acids is 1. The van der Waals surface area contributed by atoms with Gasteiger partial charge in [0.15, 0.2) is 11.0 Å². The van der Waals surface area contributed by atoms with Crippen LogP contribution < -0.4 is 5.32 Å². The van der Waals surface area contributed by atoms with Crippen molar-refractivity contribution >= 4 is 40.9 Å². The van der Waals surface area contributed by atoms with Crippen molar-refractivity contribution < 1.29 is 9.35 Å². The predicted molar refractivity (Wildman–Crippen MR) is 90.6 cm³/mol. The molecule has 122 valence electrons. The number of nitrogens with zero attached hydrogens (tertiary/aromatic N) is 3. The monoisotopic (exact) mass is 344 g/mol. The zero-order valence-electron chi connectivity index (χ0n) is 13.6. The third kappa shape index (κ3) is 5.55. The van der Waals surface area contributed by atoms with Gasteiger partial charge in [0.2, 0.25) is 5.91 Å². The van der Waals surface area contributed by atoms with E-state index >= 15 is 0 Å². The molecule has 0 aromatic carbocycles. The average molecular weight is 345 g/mol. The lowest BCUT2D eigenvalue weighted by atomic mass is 9.96. The van der Waals surface area contributed by atoms with Gasteiger partial charge in [0, 0.05) is 11.0 Å². The van der Waals surface area contributed by atoms with Crippen molar-refractivity contribution in [3.8, 4) is 0 Å². The summed E-state index contributed by atoms with van der Waals surface area (Å²) >= 11 is 4.54. The summed E-state index contributed by atoms with van der Waals surface area (Å²) in [5.74, 6) is 0.0811. The van der Waals surface area contributed by atoms with Gasteiger partial charge in [-0.3, -0.25) is 4.79 Å². The molecule has 0 aliphatic rings. The standard InChI is InChI=1S/C14H21ClN4O2S/c1-13(2,3)12(20)17-10-7-9(11(15)19-18-10)8-16-22(21)14(4,5)6/h7-8H,1-6H3,(H,17,18,20)/b16-8+. The number of amides is 1. The number of aromatic nitrogens is 2. The zero-order chi connectivity index (χ0) is 17.1. The van der Waals surface area contributed by atoms with E-state index in [2.05, 4.69) is 19.9 Å². The summed E-state index contributed by atoms with van der Waals surface area (Å²) in [6.45, 7) is 10.8. The van der Waals surface area contributed by atoms with Gasteiger partial charge < -0.3 is 9.87 Å². The summed E-state index contributed by atoms with van der Waals surface area (Å²) in [6.07, 6.45) is 1.38. The van der Waals surface area contributed by atoms with E-state index in [9.17, 15) is 9.35 Å². The van der Waals surface area contributed by atoms with Crippen molar-refractivity contribution in [3.63, 3.8) is 0 Å². The van der Waals surface area contributed by atoms with Crippen molar-refractivity contribution in [1.82, 2.24) is 10.2 Å². The second-order valence-corrected chi connectivity index (χ2v) is 9.07. The van der Waals surface area contributed by atoms with E-state index in [1.165, 1.54) is 6.21 Å². The minimum absolute atomic E-state index is 0.128. The Labute approximate surface area is 139 Å². The highest BCUT2D eigenvalue weighted by atomic mass is 35.5. The van der Waals surface area contributed by atoms with E-state index in [1.54, 1.807) is 26.8 Å². The van der Waals surface area contributed by atoms with E-state index in [1.807, 2.05) is 20.8 Å². The quantitative estimate of drug-likeness (QED) is 0.674. The van der Waals surface area contributed by atoms with Crippen LogP contribution in [0.4, 0.5) is 5.82 Å². The Morgan fingerprint density at radius 3 is 2.41 bits per heavy atom. The first-order valence-corrected chi connectivity index (χ1v) is 8.20. The Morgan fingerprint density at radius 1 is 1.32 bits per heavy atom. The number of hydrogen-bond donors (Lipinski definition) is 1. The molecule has 0 saturated heterocycles. The van der Waals surface area contributed by atoms with Crippen LogP contribution in [0.25, 0.3) is 0 Å². The molecule has 0 bridgehead atoms. The lowest BCUT2D eigenvalue weighted by Crippen LogP contribution is -2.28. The molecule has 6 nitrogen and oxygen atoms in total. The Bertz CT molecular complexity index is 579. The maximum absolute atomic E-state index is 11.9. The summed E-state index contributed by atoms with van der Waals surface area (Å²) in [4.78, 5) is 11.9. The fourth-order valence-electron chi connectivity index (χ4n) is 1.11. The molecule has 0 spiro atoms. The highest BCUT2D eigenvalue weighted by Gasteiger charge is 2.26. The first-order chi connectivity index (χ1) is 9.91. The first-order valence-electron chi connectivity index (χ1n) is 6.72. The summed E-state index contributed by atoms with van der Waals surface area (Å²) < 4.78 is 15.4. The second-order valence-electron chi connectivity index (χ2n) is 6.78. The van der Waals surface area contributed by atoms with Crippen LogP contribution in [0.15, 0.2) is 10.5 Å². The van der Waals surface area contributed by atoms with Gasteiger partial charge in [-0.05, 0) is 26.8 Å². The Hall–Kier alpha value is -1.18. The van der Waals surface area contributed by atoms with Crippen LogP contribution in [-0.2, 0) is 16.2 Å². The summed E-state index contributed by atoms with van der Waals surface area (Å²) in [7, 11) is 0. The summed E-state index contributed by atoms with van der Waals surface area (Å²) in [5.41, 5.74) is -0.109. The number of hydrogen-bond acceptors (Lipinski definition) is 5. The molecule has 1 heterocycles. The fourth-order valence-corrected chi connectivity index (χ4v) is 1.78. The second kappa shape index (κ2) is 6.93. The van der Waals surface area contributed by atoms with E-state index < -0.39 is 21.5 Å². The molecule has 0 fully saturated rings. The third-order valence-electron chi connectivity index (χ3n) is 2.51. The SMILES string of the molecule is CC(C)(C)C(=O)Nc1cc(/C=N/[S+]([O-])C(C)(C)C)c(Cl)nn1. The van der Waals surface area contributed by atoms with Crippen molar-refractivity contribution in [2.45, 2.75) is 46.3 Å². The molecule has 1 unspecified atom stereocenters. The van der Waals surface area contributed by atoms with Gasteiger partial charge >= 0.3 is 0 Å². The molecule has 0 radical (unpaired) electrons. The molecular formula is C14H21ClN4O2S. The Morgan fingerprint density at radius 2 is 1.91 bits per heavy atom. The van der Waals surface area contributed by atoms with Crippen LogP contribution >= 0.6 is 11.6 Å². The maximum Gasteiger partial charge on any atom is 0.230 e. The van der Waals surface area contributed by atoms with E-state index in [-0.39, 0.29) is 16.9 Å². The average Bonchev–Trinajstić information content (AvgIpc) is 2.36. The minimum atomic E-state index is -1.40. The Kier molecular flexibility index (Phi) is 5.95. The van der Waals surface area contributed by atoms with Crippen molar-refractivity contribution in [2.75, 3.05) is 5.32 Å². The van der Waals surface area contributed by atoms with E-state index in [4.69, 9.17) is 11.6 Å². The molecule has 1 amide bonds.